The molecule has 1 aliphatic rings. The number of aryl methyl sites for hydroxylation is 1. The number of carbonyl (C=O) groups is 1. The van der Waals surface area contributed by atoms with E-state index in [4.69, 9.17) is 16.3 Å². The largest absolute Gasteiger partial charge is 0.484 e. The molecule has 0 bridgehead atoms. The molecular formula is C14H18ClNO4S. The van der Waals surface area contributed by atoms with Crippen LogP contribution in [0.3, 0.4) is 0 Å². The van der Waals surface area contributed by atoms with Gasteiger partial charge in [-0.05, 0) is 43.0 Å². The van der Waals surface area contributed by atoms with Crippen LogP contribution in [0.15, 0.2) is 18.2 Å². The van der Waals surface area contributed by atoms with E-state index in [-0.39, 0.29) is 29.9 Å². The molecule has 1 fully saturated rings. The average Bonchev–Trinajstić information content (AvgIpc) is 2.75. The van der Waals surface area contributed by atoms with E-state index in [9.17, 15) is 13.2 Å². The molecule has 1 atom stereocenters. The van der Waals surface area contributed by atoms with Crippen molar-refractivity contribution in [2.24, 2.45) is 5.92 Å². The average molecular weight is 332 g/mol. The highest BCUT2D eigenvalue weighted by atomic mass is 35.5. The van der Waals surface area contributed by atoms with Crippen LogP contribution < -0.4 is 10.1 Å². The van der Waals surface area contributed by atoms with Crippen LogP contribution in [0.5, 0.6) is 5.75 Å². The third kappa shape index (κ3) is 4.89. The fraction of sp³-hybridized carbons (Fsp3) is 0.500. The summed E-state index contributed by atoms with van der Waals surface area (Å²) in [4.78, 5) is 11.7. The van der Waals surface area contributed by atoms with Gasteiger partial charge >= 0.3 is 0 Å². The molecule has 1 N–H and O–H groups in total. The van der Waals surface area contributed by atoms with Crippen LogP contribution in [0, 0.1) is 12.8 Å². The topological polar surface area (TPSA) is 72.5 Å². The van der Waals surface area contributed by atoms with Crippen LogP contribution >= 0.6 is 11.6 Å². The minimum absolute atomic E-state index is 0.0104. The molecule has 0 radical (unpaired) electrons. The molecule has 1 amide bonds. The lowest BCUT2D eigenvalue weighted by Gasteiger charge is -2.11. The normalized spacial score (nSPS) is 20.2. The van der Waals surface area contributed by atoms with Crippen molar-refractivity contribution in [2.75, 3.05) is 24.7 Å². The van der Waals surface area contributed by atoms with Gasteiger partial charge in [0.1, 0.15) is 5.75 Å². The van der Waals surface area contributed by atoms with Gasteiger partial charge in [-0.3, -0.25) is 4.79 Å². The van der Waals surface area contributed by atoms with E-state index >= 15 is 0 Å². The lowest BCUT2D eigenvalue weighted by atomic mass is 10.1. The van der Waals surface area contributed by atoms with Crippen molar-refractivity contribution in [1.82, 2.24) is 5.32 Å². The standard InChI is InChI=1S/C14H18ClNO4S/c1-10-6-12(15)2-3-13(10)20-8-14(17)16-7-11-4-5-21(18,19)9-11/h2-3,6,11H,4-5,7-9H2,1H3,(H,16,17)/t11-/m1/s1. The predicted molar refractivity (Wildman–Crippen MR) is 81.5 cm³/mol. The van der Waals surface area contributed by atoms with Gasteiger partial charge in [0, 0.05) is 11.6 Å². The molecule has 0 aromatic heterocycles. The molecule has 1 aromatic rings. The Morgan fingerprint density at radius 1 is 1.48 bits per heavy atom. The first kappa shape index (κ1) is 16.1. The fourth-order valence-electron chi connectivity index (χ4n) is 2.26. The molecule has 1 heterocycles. The van der Waals surface area contributed by atoms with Crippen LogP contribution in [0.2, 0.25) is 5.02 Å². The second-order valence-corrected chi connectivity index (χ2v) is 7.94. The van der Waals surface area contributed by atoms with Gasteiger partial charge < -0.3 is 10.1 Å². The van der Waals surface area contributed by atoms with E-state index in [0.29, 0.717) is 23.7 Å². The summed E-state index contributed by atoms with van der Waals surface area (Å²) >= 11 is 5.84. The number of rotatable bonds is 5. The third-order valence-electron chi connectivity index (χ3n) is 3.41. The van der Waals surface area contributed by atoms with Crippen LogP contribution in [0.1, 0.15) is 12.0 Å². The lowest BCUT2D eigenvalue weighted by molar-refractivity contribution is -0.123. The van der Waals surface area contributed by atoms with Gasteiger partial charge in [0.25, 0.3) is 5.91 Å². The molecule has 0 unspecified atom stereocenters. The maximum atomic E-state index is 11.7. The second kappa shape index (κ2) is 6.66. The first-order valence-corrected chi connectivity index (χ1v) is 8.92. The molecular weight excluding hydrogens is 314 g/mol. The van der Waals surface area contributed by atoms with Crippen LogP contribution in [0.4, 0.5) is 0 Å². The van der Waals surface area contributed by atoms with Crippen molar-refractivity contribution in [3.8, 4) is 5.75 Å². The SMILES string of the molecule is Cc1cc(Cl)ccc1OCC(=O)NC[C@H]1CCS(=O)(=O)C1. The molecule has 0 saturated carbocycles. The first-order valence-electron chi connectivity index (χ1n) is 6.72. The van der Waals surface area contributed by atoms with Crippen LogP contribution in [0.25, 0.3) is 0 Å². The van der Waals surface area contributed by atoms with Gasteiger partial charge in [-0.2, -0.15) is 0 Å². The number of carbonyl (C=O) groups excluding carboxylic acids is 1. The maximum Gasteiger partial charge on any atom is 0.257 e. The lowest BCUT2D eigenvalue weighted by Crippen LogP contribution is -2.33. The summed E-state index contributed by atoms with van der Waals surface area (Å²) in [5.74, 6) is 0.737. The maximum absolute atomic E-state index is 11.7. The monoisotopic (exact) mass is 331 g/mol. The Hall–Kier alpha value is -1.27. The molecule has 7 heteroatoms. The zero-order valence-electron chi connectivity index (χ0n) is 11.8. The number of halogens is 1. The first-order chi connectivity index (χ1) is 9.85. The minimum atomic E-state index is -2.90. The number of ether oxygens (including phenoxy) is 1. The van der Waals surface area contributed by atoms with E-state index in [1.54, 1.807) is 18.2 Å². The van der Waals surface area contributed by atoms with Crippen molar-refractivity contribution in [2.45, 2.75) is 13.3 Å². The smallest absolute Gasteiger partial charge is 0.257 e. The van der Waals surface area contributed by atoms with E-state index in [2.05, 4.69) is 5.32 Å². The number of hydrogen-bond acceptors (Lipinski definition) is 4. The van der Waals surface area contributed by atoms with Crippen molar-refractivity contribution in [3.05, 3.63) is 28.8 Å². The number of nitrogens with one attached hydrogen (secondary N) is 1. The zero-order valence-corrected chi connectivity index (χ0v) is 13.3. The van der Waals surface area contributed by atoms with Gasteiger partial charge in [-0.25, -0.2) is 8.42 Å². The highest BCUT2D eigenvalue weighted by Gasteiger charge is 2.27. The minimum Gasteiger partial charge on any atom is -0.484 e. The highest BCUT2D eigenvalue weighted by Crippen LogP contribution is 2.21. The number of sulfone groups is 1. The molecule has 0 aliphatic carbocycles. The quantitative estimate of drug-likeness (QED) is 0.889. The summed E-state index contributed by atoms with van der Waals surface area (Å²) in [7, 11) is -2.90. The Kier molecular flexibility index (Phi) is 5.11. The van der Waals surface area contributed by atoms with E-state index in [1.165, 1.54) is 0 Å². The molecule has 21 heavy (non-hydrogen) atoms. The summed E-state index contributed by atoms with van der Waals surface area (Å²) in [5.41, 5.74) is 0.859. The van der Waals surface area contributed by atoms with Gasteiger partial charge in [0.2, 0.25) is 0 Å². The van der Waals surface area contributed by atoms with E-state index in [1.807, 2.05) is 6.92 Å². The Morgan fingerprint density at radius 3 is 2.86 bits per heavy atom. The molecule has 2 rings (SSSR count). The Morgan fingerprint density at radius 2 is 2.24 bits per heavy atom. The van der Waals surface area contributed by atoms with Gasteiger partial charge in [0.15, 0.2) is 16.4 Å². The number of amides is 1. The number of hydrogen-bond donors (Lipinski definition) is 1. The molecule has 1 saturated heterocycles. The van der Waals surface area contributed by atoms with Crippen molar-refractivity contribution >= 4 is 27.3 Å². The summed E-state index contributed by atoms with van der Waals surface area (Å²) in [6.45, 7) is 2.13. The van der Waals surface area contributed by atoms with Crippen molar-refractivity contribution in [3.63, 3.8) is 0 Å². The predicted octanol–water partition coefficient (Wildman–Crippen LogP) is 1.58. The van der Waals surface area contributed by atoms with E-state index < -0.39 is 9.84 Å². The van der Waals surface area contributed by atoms with Crippen molar-refractivity contribution in [1.29, 1.82) is 0 Å². The molecule has 116 valence electrons. The summed E-state index contributed by atoms with van der Waals surface area (Å²) in [6, 6.07) is 5.18. The van der Waals surface area contributed by atoms with Crippen molar-refractivity contribution < 1.29 is 17.9 Å². The molecule has 1 aliphatic heterocycles. The Balaban J connectivity index is 1.75. The Labute approximate surface area is 129 Å². The van der Waals surface area contributed by atoms with Gasteiger partial charge in [-0.1, -0.05) is 11.6 Å². The second-order valence-electron chi connectivity index (χ2n) is 5.27. The molecule has 1 aromatic carbocycles. The van der Waals surface area contributed by atoms with E-state index in [0.717, 1.165) is 5.56 Å². The number of benzene rings is 1. The van der Waals surface area contributed by atoms with Crippen LogP contribution in [-0.2, 0) is 14.6 Å². The highest BCUT2D eigenvalue weighted by molar-refractivity contribution is 7.91. The van der Waals surface area contributed by atoms with Crippen LogP contribution in [-0.4, -0.2) is 39.0 Å². The van der Waals surface area contributed by atoms with Gasteiger partial charge in [-0.15, -0.1) is 0 Å². The summed E-state index contributed by atoms with van der Waals surface area (Å²) in [5, 5.41) is 3.33. The third-order valence-corrected chi connectivity index (χ3v) is 5.48. The summed E-state index contributed by atoms with van der Waals surface area (Å²) in [6.07, 6.45) is 0.611. The summed E-state index contributed by atoms with van der Waals surface area (Å²) < 4.78 is 28.0. The van der Waals surface area contributed by atoms with Gasteiger partial charge in [0.05, 0.1) is 11.5 Å². The zero-order chi connectivity index (χ0) is 15.5. The molecule has 0 spiro atoms. The fourth-order valence-corrected chi connectivity index (χ4v) is 4.35. The molecule has 5 nitrogen and oxygen atoms in total. The Bertz CT molecular complexity index is 630.